The highest BCUT2D eigenvalue weighted by molar-refractivity contribution is 6.09. The van der Waals surface area contributed by atoms with Gasteiger partial charge < -0.3 is 14.7 Å². The SMILES string of the molecule is CCN1C(=O)[C@H]2[C@@H](C1=O)[C@](CO)(C(=O)OC)N[C@H]2c1ccc(N(C)C)cc1. The topological polar surface area (TPSA) is 99.2 Å². The third-order valence-electron chi connectivity index (χ3n) is 5.63. The van der Waals surface area contributed by atoms with Crippen LogP contribution in [0.15, 0.2) is 24.3 Å². The van der Waals surface area contributed by atoms with Gasteiger partial charge in [-0.05, 0) is 24.6 Å². The Bertz CT molecular complexity index is 763. The number of benzene rings is 1. The summed E-state index contributed by atoms with van der Waals surface area (Å²) in [5.74, 6) is -3.30. The Morgan fingerprint density at radius 1 is 1.26 bits per heavy atom. The number of methoxy groups -OCH3 is 1. The summed E-state index contributed by atoms with van der Waals surface area (Å²) in [6, 6.07) is 6.96. The second-order valence-corrected chi connectivity index (χ2v) is 7.15. The molecule has 2 fully saturated rings. The molecule has 0 radical (unpaired) electrons. The standard InChI is InChI=1S/C19H25N3O5/c1-5-22-16(24)13-14(17(22)25)19(10-23,18(26)27-4)20-15(13)11-6-8-12(9-7-11)21(2)3/h6-9,13-15,20,23H,5,10H2,1-4H3/t13-,14-,15-,19+/m0/s1. The van der Waals surface area contributed by atoms with Crippen LogP contribution in [0.25, 0.3) is 0 Å². The number of ether oxygens (including phenoxy) is 1. The number of aliphatic hydroxyl groups excluding tert-OH is 1. The lowest BCUT2D eigenvalue weighted by Crippen LogP contribution is -2.58. The molecule has 1 aromatic rings. The molecule has 0 aromatic heterocycles. The van der Waals surface area contributed by atoms with Crippen molar-refractivity contribution in [3.05, 3.63) is 29.8 Å². The van der Waals surface area contributed by atoms with Crippen LogP contribution >= 0.6 is 0 Å². The van der Waals surface area contributed by atoms with Crippen LogP contribution in [0.5, 0.6) is 0 Å². The molecule has 8 nitrogen and oxygen atoms in total. The maximum absolute atomic E-state index is 12.9. The average Bonchev–Trinajstić information content (AvgIpc) is 3.15. The van der Waals surface area contributed by atoms with E-state index in [9.17, 15) is 19.5 Å². The Balaban J connectivity index is 2.09. The quantitative estimate of drug-likeness (QED) is 0.549. The molecule has 0 saturated carbocycles. The van der Waals surface area contributed by atoms with E-state index in [1.807, 2.05) is 43.3 Å². The van der Waals surface area contributed by atoms with Crippen LogP contribution in [0.4, 0.5) is 5.69 Å². The number of hydrogen-bond acceptors (Lipinski definition) is 7. The number of imide groups is 1. The van der Waals surface area contributed by atoms with Crippen LogP contribution in [-0.4, -0.2) is 67.7 Å². The third kappa shape index (κ3) is 2.71. The van der Waals surface area contributed by atoms with Crippen molar-refractivity contribution in [1.29, 1.82) is 0 Å². The number of amides is 2. The Morgan fingerprint density at radius 2 is 1.89 bits per heavy atom. The number of esters is 1. The number of nitrogens with zero attached hydrogens (tertiary/aromatic N) is 2. The van der Waals surface area contributed by atoms with Gasteiger partial charge in [0.15, 0.2) is 5.54 Å². The molecule has 146 valence electrons. The van der Waals surface area contributed by atoms with Crippen LogP contribution in [0, 0.1) is 11.8 Å². The molecule has 0 aliphatic carbocycles. The van der Waals surface area contributed by atoms with Crippen molar-refractivity contribution in [3.63, 3.8) is 0 Å². The number of hydrogen-bond donors (Lipinski definition) is 2. The summed E-state index contributed by atoms with van der Waals surface area (Å²) in [7, 11) is 5.05. The van der Waals surface area contributed by atoms with Crippen molar-refractivity contribution in [3.8, 4) is 0 Å². The summed E-state index contributed by atoms with van der Waals surface area (Å²) in [5.41, 5.74) is 0.119. The van der Waals surface area contributed by atoms with Crippen LogP contribution in [-0.2, 0) is 19.1 Å². The van der Waals surface area contributed by atoms with Crippen molar-refractivity contribution in [1.82, 2.24) is 10.2 Å². The maximum Gasteiger partial charge on any atom is 0.329 e. The first-order valence-electron chi connectivity index (χ1n) is 8.91. The van der Waals surface area contributed by atoms with Gasteiger partial charge in [-0.25, -0.2) is 4.79 Å². The zero-order valence-corrected chi connectivity index (χ0v) is 15.9. The summed E-state index contributed by atoms with van der Waals surface area (Å²) in [6.45, 7) is 1.30. The lowest BCUT2D eigenvalue weighted by atomic mass is 9.79. The number of carbonyl (C=O) groups excluding carboxylic acids is 3. The van der Waals surface area contributed by atoms with Crippen LogP contribution in [0.2, 0.25) is 0 Å². The molecule has 4 atom stereocenters. The first kappa shape index (κ1) is 19.3. The lowest BCUT2D eigenvalue weighted by molar-refractivity contribution is -0.156. The van der Waals surface area contributed by atoms with Crippen molar-refractivity contribution in [2.45, 2.75) is 18.5 Å². The maximum atomic E-state index is 12.9. The van der Waals surface area contributed by atoms with Crippen LogP contribution in [0.1, 0.15) is 18.5 Å². The molecule has 1 aromatic carbocycles. The number of anilines is 1. The van der Waals surface area contributed by atoms with Gasteiger partial charge in [0.1, 0.15) is 0 Å². The number of nitrogens with one attached hydrogen (secondary N) is 1. The molecule has 2 aliphatic heterocycles. The van der Waals surface area contributed by atoms with Crippen molar-refractivity contribution >= 4 is 23.5 Å². The fraction of sp³-hybridized carbons (Fsp3) is 0.526. The van der Waals surface area contributed by atoms with E-state index >= 15 is 0 Å². The van der Waals surface area contributed by atoms with E-state index in [1.165, 1.54) is 7.11 Å². The molecular formula is C19H25N3O5. The highest BCUT2D eigenvalue weighted by Crippen LogP contribution is 2.49. The van der Waals surface area contributed by atoms with Gasteiger partial charge in [0.2, 0.25) is 11.8 Å². The molecule has 2 heterocycles. The van der Waals surface area contributed by atoms with Gasteiger partial charge in [0, 0.05) is 32.4 Å². The molecule has 2 saturated heterocycles. The summed E-state index contributed by atoms with van der Waals surface area (Å²) in [5, 5.41) is 13.1. The zero-order valence-electron chi connectivity index (χ0n) is 15.9. The Kier molecular flexibility index (Phi) is 4.96. The fourth-order valence-corrected chi connectivity index (χ4v) is 4.22. The molecule has 27 heavy (non-hydrogen) atoms. The van der Waals surface area contributed by atoms with Crippen LogP contribution in [0.3, 0.4) is 0 Å². The minimum absolute atomic E-state index is 0.222. The molecule has 0 unspecified atom stereocenters. The van der Waals surface area contributed by atoms with E-state index in [2.05, 4.69) is 5.32 Å². The predicted octanol–water partition coefficient (Wildman–Crippen LogP) is -0.0779. The minimum Gasteiger partial charge on any atom is -0.468 e. The second-order valence-electron chi connectivity index (χ2n) is 7.15. The van der Waals surface area contributed by atoms with Gasteiger partial charge in [0.25, 0.3) is 0 Å². The van der Waals surface area contributed by atoms with Gasteiger partial charge in [-0.3, -0.25) is 19.8 Å². The molecule has 2 aliphatic rings. The summed E-state index contributed by atoms with van der Waals surface area (Å²) in [6.07, 6.45) is 0. The molecule has 3 rings (SSSR count). The minimum atomic E-state index is -1.64. The Labute approximate surface area is 158 Å². The molecule has 2 amide bonds. The van der Waals surface area contributed by atoms with Crippen molar-refractivity contribution in [2.24, 2.45) is 11.8 Å². The van der Waals surface area contributed by atoms with E-state index in [4.69, 9.17) is 4.74 Å². The zero-order chi connectivity index (χ0) is 19.9. The lowest BCUT2D eigenvalue weighted by Gasteiger charge is -2.30. The Morgan fingerprint density at radius 3 is 2.37 bits per heavy atom. The van der Waals surface area contributed by atoms with Gasteiger partial charge in [-0.1, -0.05) is 12.1 Å². The number of carbonyl (C=O) groups is 3. The fourth-order valence-electron chi connectivity index (χ4n) is 4.22. The first-order chi connectivity index (χ1) is 12.8. The number of aliphatic hydroxyl groups is 1. The van der Waals surface area contributed by atoms with Crippen LogP contribution < -0.4 is 10.2 Å². The summed E-state index contributed by atoms with van der Waals surface area (Å²) >= 11 is 0. The van der Waals surface area contributed by atoms with E-state index in [-0.39, 0.29) is 12.5 Å². The number of likely N-dealkylation sites (tertiary alicyclic amines) is 1. The van der Waals surface area contributed by atoms with Gasteiger partial charge >= 0.3 is 5.97 Å². The number of rotatable bonds is 5. The third-order valence-corrected chi connectivity index (χ3v) is 5.63. The van der Waals surface area contributed by atoms with Crippen molar-refractivity contribution < 1.29 is 24.2 Å². The molecule has 0 spiro atoms. The molecule has 2 N–H and O–H groups in total. The first-order valence-corrected chi connectivity index (χ1v) is 8.91. The van der Waals surface area contributed by atoms with Gasteiger partial charge in [-0.15, -0.1) is 0 Å². The van der Waals surface area contributed by atoms with Gasteiger partial charge in [-0.2, -0.15) is 0 Å². The summed E-state index contributed by atoms with van der Waals surface area (Å²) in [4.78, 5) is 41.5. The highest BCUT2D eigenvalue weighted by Gasteiger charge is 2.68. The second kappa shape index (κ2) is 6.94. The smallest absolute Gasteiger partial charge is 0.329 e. The predicted molar refractivity (Wildman–Crippen MR) is 97.9 cm³/mol. The van der Waals surface area contributed by atoms with E-state index < -0.39 is 41.9 Å². The van der Waals surface area contributed by atoms with E-state index in [0.29, 0.717) is 0 Å². The molecule has 0 bridgehead atoms. The molecular weight excluding hydrogens is 350 g/mol. The normalized spacial score (nSPS) is 29.8. The monoisotopic (exact) mass is 375 g/mol. The largest absolute Gasteiger partial charge is 0.468 e. The summed E-state index contributed by atoms with van der Waals surface area (Å²) < 4.78 is 4.87. The van der Waals surface area contributed by atoms with E-state index in [1.54, 1.807) is 6.92 Å². The Hall–Kier alpha value is -2.45. The van der Waals surface area contributed by atoms with E-state index in [0.717, 1.165) is 16.2 Å². The van der Waals surface area contributed by atoms with Crippen molar-refractivity contribution in [2.75, 3.05) is 39.3 Å². The number of fused-ring (bicyclic) bond motifs is 1. The average molecular weight is 375 g/mol. The molecule has 8 heteroatoms. The van der Waals surface area contributed by atoms with Gasteiger partial charge in [0.05, 0.1) is 25.6 Å². The highest BCUT2D eigenvalue weighted by atomic mass is 16.5.